The smallest absolute Gasteiger partial charge is 0.326 e. The molecule has 4 aromatic rings. The molecule has 1 fully saturated rings. The van der Waals surface area contributed by atoms with Gasteiger partial charge in [-0.2, -0.15) is 0 Å². The highest BCUT2D eigenvalue weighted by Gasteiger charge is 2.34. The molecule has 166 valence electrons. The van der Waals surface area contributed by atoms with Crippen molar-refractivity contribution in [2.75, 3.05) is 6.54 Å². The average Bonchev–Trinajstić information content (AvgIpc) is 3.49. The fourth-order valence-electron chi connectivity index (χ4n) is 4.07. The van der Waals surface area contributed by atoms with Gasteiger partial charge in [0, 0.05) is 23.0 Å². The Balaban J connectivity index is 1.41. The third-order valence-electron chi connectivity index (χ3n) is 5.75. The predicted molar refractivity (Wildman–Crippen MR) is 117 cm³/mol. The molecule has 2 N–H and O–H groups in total. The van der Waals surface area contributed by atoms with Gasteiger partial charge >= 0.3 is 5.97 Å². The number of aromatic nitrogens is 4. The molecule has 10 heteroatoms. The van der Waals surface area contributed by atoms with E-state index in [1.807, 2.05) is 0 Å². The van der Waals surface area contributed by atoms with E-state index in [2.05, 4.69) is 15.3 Å². The van der Waals surface area contributed by atoms with Crippen molar-refractivity contribution in [2.45, 2.75) is 18.9 Å². The molecule has 0 bridgehead atoms. The normalized spacial score (nSPS) is 15.8. The summed E-state index contributed by atoms with van der Waals surface area (Å²) in [6.45, 7) is 0.411. The van der Waals surface area contributed by atoms with Gasteiger partial charge in [-0.15, -0.1) is 5.10 Å². The third kappa shape index (κ3) is 3.75. The molecular weight excluding hydrogens is 429 g/mol. The number of hydrogen-bond donors (Lipinski definition) is 2. The molecule has 33 heavy (non-hydrogen) atoms. The molecule has 0 radical (unpaired) electrons. The van der Waals surface area contributed by atoms with Crippen molar-refractivity contribution < 1.29 is 19.1 Å². The second kappa shape index (κ2) is 7.97. The number of nitrogens with one attached hydrogen (secondary N) is 1. The van der Waals surface area contributed by atoms with E-state index in [4.69, 9.17) is 0 Å². The number of amides is 1. The Morgan fingerprint density at radius 1 is 1.12 bits per heavy atom. The SMILES string of the molecule is O=C(O)[C@H]1CCCN1C(=O)c1ccc(-n2cc(-c3cc4cc(F)ccc4[nH]c3=O)nn2)cc1. The zero-order chi connectivity index (χ0) is 23.1. The zero-order valence-corrected chi connectivity index (χ0v) is 17.2. The molecule has 5 rings (SSSR count). The largest absolute Gasteiger partial charge is 0.480 e. The molecule has 0 aliphatic carbocycles. The second-order valence-corrected chi connectivity index (χ2v) is 7.83. The molecule has 1 aliphatic heterocycles. The van der Waals surface area contributed by atoms with Crippen molar-refractivity contribution in [3.05, 3.63) is 76.5 Å². The van der Waals surface area contributed by atoms with Crippen LogP contribution in [-0.2, 0) is 4.79 Å². The van der Waals surface area contributed by atoms with Crippen LogP contribution in [0.1, 0.15) is 23.2 Å². The number of H-pyrrole nitrogens is 1. The summed E-state index contributed by atoms with van der Waals surface area (Å²) < 4.78 is 15.0. The molecule has 0 spiro atoms. The number of likely N-dealkylation sites (tertiary alicyclic amines) is 1. The maximum atomic E-state index is 13.6. The van der Waals surface area contributed by atoms with Gasteiger partial charge in [-0.25, -0.2) is 13.9 Å². The van der Waals surface area contributed by atoms with Crippen LogP contribution in [0, 0.1) is 5.82 Å². The molecule has 1 saturated heterocycles. The van der Waals surface area contributed by atoms with Gasteiger partial charge in [-0.3, -0.25) is 9.59 Å². The number of carboxylic acids is 1. The standard InChI is InChI=1S/C23H18FN5O4/c24-15-5-8-18-14(10-15)11-17(21(30)25-18)19-12-29(27-26-19)16-6-3-13(4-7-16)22(31)28-9-1-2-20(28)23(32)33/h3-8,10-12,20H,1-2,9H2,(H,25,30)(H,32,33)/t20-/m1/s1. The first kappa shape index (κ1) is 20.6. The maximum Gasteiger partial charge on any atom is 0.326 e. The van der Waals surface area contributed by atoms with E-state index in [1.165, 1.54) is 27.8 Å². The topological polar surface area (TPSA) is 121 Å². The Morgan fingerprint density at radius 3 is 2.67 bits per heavy atom. The van der Waals surface area contributed by atoms with Crippen LogP contribution in [0.3, 0.4) is 0 Å². The lowest BCUT2D eigenvalue weighted by Gasteiger charge is -2.21. The van der Waals surface area contributed by atoms with Crippen LogP contribution in [0.25, 0.3) is 27.8 Å². The van der Waals surface area contributed by atoms with E-state index < -0.39 is 17.8 Å². The van der Waals surface area contributed by atoms with Crippen molar-refractivity contribution in [1.82, 2.24) is 24.9 Å². The summed E-state index contributed by atoms with van der Waals surface area (Å²) in [4.78, 5) is 40.7. The van der Waals surface area contributed by atoms with Crippen molar-refractivity contribution in [3.8, 4) is 16.9 Å². The number of carboxylic acid groups (broad SMARTS) is 1. The lowest BCUT2D eigenvalue weighted by atomic mass is 10.1. The molecular formula is C23H18FN5O4. The Labute approximate surface area is 186 Å². The summed E-state index contributed by atoms with van der Waals surface area (Å²) in [7, 11) is 0. The van der Waals surface area contributed by atoms with E-state index >= 15 is 0 Å². The van der Waals surface area contributed by atoms with Gasteiger partial charge < -0.3 is 15.0 Å². The summed E-state index contributed by atoms with van der Waals surface area (Å²) in [5.74, 6) is -1.75. The first-order chi connectivity index (χ1) is 15.9. The van der Waals surface area contributed by atoms with E-state index in [0.29, 0.717) is 47.2 Å². The predicted octanol–water partition coefficient (Wildman–Crippen LogP) is 2.60. The molecule has 1 aliphatic rings. The minimum absolute atomic E-state index is 0.250. The Hall–Kier alpha value is -4.34. The average molecular weight is 447 g/mol. The van der Waals surface area contributed by atoms with E-state index in [1.54, 1.807) is 36.5 Å². The second-order valence-electron chi connectivity index (χ2n) is 7.83. The van der Waals surface area contributed by atoms with Crippen LogP contribution in [0.15, 0.2) is 59.5 Å². The molecule has 2 aromatic heterocycles. The van der Waals surface area contributed by atoms with Gasteiger partial charge in [-0.1, -0.05) is 5.21 Å². The molecule has 9 nitrogen and oxygen atoms in total. The summed E-state index contributed by atoms with van der Waals surface area (Å²) in [5, 5.41) is 18.0. The first-order valence-electron chi connectivity index (χ1n) is 10.3. The number of aliphatic carboxylic acids is 1. The molecule has 2 aromatic carbocycles. The molecule has 3 heterocycles. The summed E-state index contributed by atoms with van der Waals surface area (Å²) in [6, 6.07) is 11.4. The lowest BCUT2D eigenvalue weighted by Crippen LogP contribution is -2.40. The first-order valence-corrected chi connectivity index (χ1v) is 10.3. The summed E-state index contributed by atoms with van der Waals surface area (Å²) in [5.41, 5.74) is 1.68. The van der Waals surface area contributed by atoms with Crippen LogP contribution in [0.2, 0.25) is 0 Å². The van der Waals surface area contributed by atoms with Crippen LogP contribution < -0.4 is 5.56 Å². The van der Waals surface area contributed by atoms with Crippen molar-refractivity contribution in [3.63, 3.8) is 0 Å². The van der Waals surface area contributed by atoms with Gasteiger partial charge in [0.05, 0.1) is 17.4 Å². The third-order valence-corrected chi connectivity index (χ3v) is 5.75. The monoisotopic (exact) mass is 447 g/mol. The number of fused-ring (bicyclic) bond motifs is 1. The molecule has 0 saturated carbocycles. The Morgan fingerprint density at radius 2 is 1.91 bits per heavy atom. The number of carbonyl (C=O) groups excluding carboxylic acids is 1. The number of benzene rings is 2. The number of aromatic amines is 1. The lowest BCUT2D eigenvalue weighted by molar-refractivity contribution is -0.141. The van der Waals surface area contributed by atoms with E-state index in [0.717, 1.165) is 0 Å². The molecule has 1 amide bonds. The number of pyridine rings is 1. The minimum Gasteiger partial charge on any atom is -0.480 e. The summed E-state index contributed by atoms with van der Waals surface area (Å²) in [6.07, 6.45) is 2.66. The van der Waals surface area contributed by atoms with Crippen LogP contribution in [0.5, 0.6) is 0 Å². The zero-order valence-electron chi connectivity index (χ0n) is 17.2. The molecule has 0 unspecified atom stereocenters. The van der Waals surface area contributed by atoms with Crippen molar-refractivity contribution in [1.29, 1.82) is 0 Å². The van der Waals surface area contributed by atoms with Gasteiger partial charge in [-0.05, 0) is 61.4 Å². The highest BCUT2D eigenvalue weighted by Crippen LogP contribution is 2.22. The van der Waals surface area contributed by atoms with Crippen LogP contribution in [-0.4, -0.2) is 54.4 Å². The number of nitrogens with zero attached hydrogens (tertiary/aromatic N) is 4. The number of hydrogen-bond acceptors (Lipinski definition) is 5. The summed E-state index contributed by atoms with van der Waals surface area (Å²) >= 11 is 0. The minimum atomic E-state index is -1.00. The van der Waals surface area contributed by atoms with Gasteiger partial charge in [0.15, 0.2) is 0 Å². The van der Waals surface area contributed by atoms with Gasteiger partial charge in [0.2, 0.25) is 0 Å². The Bertz CT molecular complexity index is 1440. The van der Waals surface area contributed by atoms with Gasteiger partial charge in [0.25, 0.3) is 11.5 Å². The highest BCUT2D eigenvalue weighted by molar-refractivity contribution is 5.97. The maximum absolute atomic E-state index is 13.6. The highest BCUT2D eigenvalue weighted by atomic mass is 19.1. The number of rotatable bonds is 4. The van der Waals surface area contributed by atoms with Crippen molar-refractivity contribution >= 4 is 22.8 Å². The van der Waals surface area contributed by atoms with E-state index in [-0.39, 0.29) is 17.0 Å². The quantitative estimate of drug-likeness (QED) is 0.496. The van der Waals surface area contributed by atoms with Crippen LogP contribution >= 0.6 is 0 Å². The molecule has 1 atom stereocenters. The Kier molecular flexibility index (Phi) is 4.97. The van der Waals surface area contributed by atoms with Crippen LogP contribution in [0.4, 0.5) is 4.39 Å². The fraction of sp³-hybridized carbons (Fsp3) is 0.174. The number of carbonyl (C=O) groups is 2. The van der Waals surface area contributed by atoms with Gasteiger partial charge in [0.1, 0.15) is 17.6 Å². The fourth-order valence-corrected chi connectivity index (χ4v) is 4.07. The number of halogens is 1. The van der Waals surface area contributed by atoms with E-state index in [9.17, 15) is 23.9 Å². The van der Waals surface area contributed by atoms with Crippen molar-refractivity contribution in [2.24, 2.45) is 0 Å².